The molecule has 1 aliphatic carbocycles. The minimum atomic E-state index is 0.0889. The largest absolute Gasteiger partial charge is 0.474 e. The van der Waals surface area contributed by atoms with E-state index in [0.29, 0.717) is 18.5 Å². The third-order valence-electron chi connectivity index (χ3n) is 4.84. The van der Waals surface area contributed by atoms with E-state index in [9.17, 15) is 5.11 Å². The van der Waals surface area contributed by atoms with Crippen LogP contribution in [0.5, 0.6) is 5.88 Å². The van der Waals surface area contributed by atoms with E-state index in [1.807, 2.05) is 44.9 Å². The van der Waals surface area contributed by atoms with Gasteiger partial charge in [0.05, 0.1) is 17.5 Å². The highest BCUT2D eigenvalue weighted by atomic mass is 16.5. The zero-order valence-corrected chi connectivity index (χ0v) is 17.1. The highest BCUT2D eigenvalue weighted by Gasteiger charge is 2.22. The Morgan fingerprint density at radius 2 is 1.93 bits per heavy atom. The van der Waals surface area contributed by atoms with E-state index >= 15 is 0 Å². The van der Waals surface area contributed by atoms with E-state index in [0.717, 1.165) is 54.5 Å². The lowest BCUT2D eigenvalue weighted by molar-refractivity contribution is 0.143. The number of anilines is 1. The number of rotatable bonds is 6. The van der Waals surface area contributed by atoms with Gasteiger partial charge in [0.15, 0.2) is 0 Å². The van der Waals surface area contributed by atoms with Gasteiger partial charge in [-0.15, -0.1) is 0 Å². The first-order valence-electron chi connectivity index (χ1n) is 10.2. The summed E-state index contributed by atoms with van der Waals surface area (Å²) in [5.74, 6) is 1.43. The summed E-state index contributed by atoms with van der Waals surface area (Å²) in [7, 11) is 0. The zero-order valence-electron chi connectivity index (χ0n) is 17.1. The molecule has 3 N–H and O–H groups in total. The molecule has 1 fully saturated rings. The van der Waals surface area contributed by atoms with Gasteiger partial charge in [0.2, 0.25) is 5.88 Å². The molecule has 0 radical (unpaired) electrons. The van der Waals surface area contributed by atoms with Crippen LogP contribution in [0.3, 0.4) is 0 Å². The van der Waals surface area contributed by atoms with Crippen molar-refractivity contribution in [2.45, 2.75) is 65.5 Å². The highest BCUT2D eigenvalue weighted by Crippen LogP contribution is 2.31. The maximum atomic E-state index is 9.31. The molecule has 0 amide bonds. The number of nitrogens with two attached hydrogens (primary N) is 1. The molecule has 0 saturated heterocycles. The van der Waals surface area contributed by atoms with Gasteiger partial charge in [0, 0.05) is 31.4 Å². The number of ether oxygens (including phenoxy) is 1. The van der Waals surface area contributed by atoms with Crippen LogP contribution in [0.2, 0.25) is 0 Å². The van der Waals surface area contributed by atoms with E-state index in [-0.39, 0.29) is 12.7 Å². The molecule has 1 aliphatic rings. The Bertz CT molecular complexity index is 715. The van der Waals surface area contributed by atoms with Gasteiger partial charge in [0.25, 0.3) is 0 Å². The van der Waals surface area contributed by atoms with Crippen LogP contribution in [0.25, 0.3) is 10.9 Å². The summed E-state index contributed by atoms with van der Waals surface area (Å²) < 4.78 is 6.29. The van der Waals surface area contributed by atoms with Gasteiger partial charge in [-0.1, -0.05) is 13.8 Å². The van der Waals surface area contributed by atoms with Gasteiger partial charge < -0.3 is 20.5 Å². The van der Waals surface area contributed by atoms with Crippen molar-refractivity contribution in [3.63, 3.8) is 0 Å². The smallest absolute Gasteiger partial charge is 0.225 e. The maximum absolute atomic E-state index is 9.31. The predicted molar refractivity (Wildman–Crippen MR) is 111 cm³/mol. The Morgan fingerprint density at radius 1 is 1.22 bits per heavy atom. The van der Waals surface area contributed by atoms with E-state index in [2.05, 4.69) is 11.1 Å². The third kappa shape index (κ3) is 5.53. The molecular formula is C21H34N4O2. The second-order valence-corrected chi connectivity index (χ2v) is 6.82. The average Bonchev–Trinajstić information content (AvgIpc) is 2.69. The van der Waals surface area contributed by atoms with Crippen LogP contribution in [0.4, 0.5) is 5.82 Å². The van der Waals surface area contributed by atoms with Crippen molar-refractivity contribution in [3.05, 3.63) is 23.9 Å². The minimum absolute atomic E-state index is 0.0889. The van der Waals surface area contributed by atoms with Gasteiger partial charge in [0.1, 0.15) is 11.9 Å². The molecule has 0 atom stereocenters. The quantitative estimate of drug-likeness (QED) is 0.806. The molecule has 6 nitrogen and oxygen atoms in total. The van der Waals surface area contributed by atoms with Crippen LogP contribution in [0, 0.1) is 6.92 Å². The summed E-state index contributed by atoms with van der Waals surface area (Å²) >= 11 is 0. The predicted octanol–water partition coefficient (Wildman–Crippen LogP) is 3.43. The minimum Gasteiger partial charge on any atom is -0.474 e. The molecule has 0 aromatic carbocycles. The topological polar surface area (TPSA) is 84.5 Å². The van der Waals surface area contributed by atoms with E-state index in [4.69, 9.17) is 15.5 Å². The molecule has 2 heterocycles. The summed E-state index contributed by atoms with van der Waals surface area (Å²) in [5, 5.41) is 10.2. The molecule has 0 spiro atoms. The number of aliphatic hydroxyl groups is 1. The van der Waals surface area contributed by atoms with Crippen molar-refractivity contribution in [3.8, 4) is 5.88 Å². The van der Waals surface area contributed by atoms with Crippen LogP contribution in [0.15, 0.2) is 18.3 Å². The number of likely N-dealkylation sites (N-methyl/N-ethyl adjacent to an activating group) is 1. The fourth-order valence-corrected chi connectivity index (χ4v) is 3.36. The van der Waals surface area contributed by atoms with Crippen LogP contribution in [0.1, 0.15) is 52.0 Å². The molecule has 27 heavy (non-hydrogen) atoms. The van der Waals surface area contributed by atoms with E-state index in [1.165, 1.54) is 0 Å². The van der Waals surface area contributed by atoms with E-state index in [1.54, 1.807) is 0 Å². The lowest BCUT2D eigenvalue weighted by Gasteiger charge is -2.28. The second-order valence-electron chi connectivity index (χ2n) is 6.82. The van der Waals surface area contributed by atoms with Crippen LogP contribution in [-0.2, 0) is 0 Å². The van der Waals surface area contributed by atoms with Crippen molar-refractivity contribution >= 4 is 16.7 Å². The third-order valence-corrected chi connectivity index (χ3v) is 4.84. The Labute approximate surface area is 162 Å². The van der Waals surface area contributed by atoms with Crippen LogP contribution in [-0.4, -0.2) is 46.9 Å². The Balaban J connectivity index is 0.00000126. The van der Waals surface area contributed by atoms with Crippen LogP contribution < -0.4 is 15.4 Å². The highest BCUT2D eigenvalue weighted by molar-refractivity contribution is 5.86. The molecule has 1 saturated carbocycles. The number of nitrogens with zero attached hydrogens (tertiary/aromatic N) is 3. The zero-order chi connectivity index (χ0) is 19.8. The summed E-state index contributed by atoms with van der Waals surface area (Å²) in [5.41, 5.74) is 7.96. The summed E-state index contributed by atoms with van der Waals surface area (Å²) in [6.07, 6.45) is 5.91. The lowest BCUT2D eigenvalue weighted by atomic mass is 9.94. The molecule has 6 heteroatoms. The van der Waals surface area contributed by atoms with Gasteiger partial charge >= 0.3 is 0 Å². The summed E-state index contributed by atoms with van der Waals surface area (Å²) in [6, 6.07) is 4.34. The number of aromatic nitrogens is 2. The summed E-state index contributed by atoms with van der Waals surface area (Å²) in [6.45, 7) is 9.47. The van der Waals surface area contributed by atoms with Crippen molar-refractivity contribution in [2.24, 2.45) is 5.73 Å². The van der Waals surface area contributed by atoms with Crippen molar-refractivity contribution in [1.82, 2.24) is 9.97 Å². The fraction of sp³-hybridized carbons (Fsp3) is 0.619. The average molecular weight is 375 g/mol. The van der Waals surface area contributed by atoms with Gasteiger partial charge in [-0.25, -0.2) is 0 Å². The standard InChI is InChI=1S/C19H28N4O2.C2H6/c1-3-23(8-9-24)18-11-17-16(10-13(2)12-21-17)19(22-18)25-15-6-4-14(20)5-7-15;1-2/h10-12,14-15,24H,3-9,20H2,1-2H3;1-2H3. The molecule has 0 unspecified atom stereocenters. The number of aryl methyl sites for hydroxylation is 1. The monoisotopic (exact) mass is 374 g/mol. The Morgan fingerprint density at radius 3 is 2.56 bits per heavy atom. The van der Waals surface area contributed by atoms with Crippen LogP contribution >= 0.6 is 0 Å². The van der Waals surface area contributed by atoms with Gasteiger partial charge in [-0.3, -0.25) is 4.98 Å². The SMILES string of the molecule is CC.CCN(CCO)c1cc2ncc(C)cc2c(OC2CCC(N)CC2)n1. The first-order chi connectivity index (χ1) is 13.1. The maximum Gasteiger partial charge on any atom is 0.225 e. The second kappa shape index (κ2) is 10.4. The molecule has 0 bridgehead atoms. The van der Waals surface area contributed by atoms with Crippen molar-refractivity contribution in [2.75, 3.05) is 24.6 Å². The van der Waals surface area contributed by atoms with Crippen molar-refractivity contribution < 1.29 is 9.84 Å². The summed E-state index contributed by atoms with van der Waals surface area (Å²) in [4.78, 5) is 11.4. The molecule has 0 aliphatic heterocycles. The Hall–Kier alpha value is -1.92. The number of hydrogen-bond donors (Lipinski definition) is 2. The van der Waals surface area contributed by atoms with Crippen molar-refractivity contribution in [1.29, 1.82) is 0 Å². The number of fused-ring (bicyclic) bond motifs is 1. The number of hydrogen-bond acceptors (Lipinski definition) is 6. The fourth-order valence-electron chi connectivity index (χ4n) is 3.36. The molecule has 150 valence electrons. The first kappa shape index (κ1) is 21.4. The molecule has 2 aromatic rings. The number of pyridine rings is 2. The normalized spacial score (nSPS) is 19.3. The molecule has 3 rings (SSSR count). The van der Waals surface area contributed by atoms with Gasteiger partial charge in [-0.2, -0.15) is 4.98 Å². The number of aliphatic hydroxyl groups excluding tert-OH is 1. The van der Waals surface area contributed by atoms with Gasteiger partial charge in [-0.05, 0) is 51.2 Å². The van der Waals surface area contributed by atoms with E-state index < -0.39 is 0 Å². The lowest BCUT2D eigenvalue weighted by Crippen LogP contribution is -2.32. The Kier molecular flexibility index (Phi) is 8.25. The molecule has 2 aromatic heterocycles. The first-order valence-corrected chi connectivity index (χ1v) is 10.2. The molecular weight excluding hydrogens is 340 g/mol.